The summed E-state index contributed by atoms with van der Waals surface area (Å²) in [6, 6.07) is 6.47. The minimum absolute atomic E-state index is 0.0809. The Labute approximate surface area is 129 Å². The molecular weight excluding hydrogens is 300 g/mol. The number of H-pyrrole nitrogens is 1. The van der Waals surface area contributed by atoms with Gasteiger partial charge in [0.05, 0.1) is 12.8 Å². The van der Waals surface area contributed by atoms with E-state index in [0.29, 0.717) is 11.3 Å². The second kappa shape index (κ2) is 6.56. The van der Waals surface area contributed by atoms with Crippen molar-refractivity contribution in [1.82, 2.24) is 20.4 Å². The Kier molecular flexibility index (Phi) is 4.14. The molecule has 3 rings (SSSR count). The van der Waals surface area contributed by atoms with Crippen molar-refractivity contribution in [3.05, 3.63) is 64.8 Å². The van der Waals surface area contributed by atoms with Crippen molar-refractivity contribution in [3.8, 4) is 11.4 Å². The summed E-state index contributed by atoms with van der Waals surface area (Å²) in [4.78, 5) is 29.5. The highest BCUT2D eigenvalue weighted by atomic mass is 16.5. The van der Waals surface area contributed by atoms with Crippen LogP contribution in [0.4, 0.5) is 0 Å². The molecule has 0 bridgehead atoms. The van der Waals surface area contributed by atoms with Gasteiger partial charge in [0, 0.05) is 23.9 Å². The molecule has 3 aromatic heterocycles. The average Bonchev–Trinajstić information content (AvgIpc) is 3.22. The first kappa shape index (κ1) is 14.5. The molecule has 0 spiro atoms. The number of carbonyl (C=O) groups excluding carboxylic acids is 1. The molecule has 0 aromatic carbocycles. The fraction of sp³-hybridized carbons (Fsp3) is 0.0667. The van der Waals surface area contributed by atoms with Gasteiger partial charge in [0.25, 0.3) is 0 Å². The summed E-state index contributed by atoms with van der Waals surface area (Å²) in [5, 5.41) is 6.37. The monoisotopic (exact) mass is 312 g/mol. The van der Waals surface area contributed by atoms with Crippen molar-refractivity contribution in [1.29, 1.82) is 0 Å². The predicted octanol–water partition coefficient (Wildman–Crippen LogP) is 1.35. The first-order valence-electron chi connectivity index (χ1n) is 6.72. The van der Waals surface area contributed by atoms with Crippen LogP contribution in [-0.2, 0) is 11.3 Å². The molecule has 3 aromatic rings. The quantitative estimate of drug-likeness (QED) is 0.687. The van der Waals surface area contributed by atoms with Gasteiger partial charge in [0.1, 0.15) is 5.76 Å². The molecule has 0 atom stereocenters. The number of hydrogen-bond acceptors (Lipinski definition) is 6. The summed E-state index contributed by atoms with van der Waals surface area (Å²) in [6.45, 7) is 0.0809. The molecule has 0 saturated heterocycles. The van der Waals surface area contributed by atoms with Crippen LogP contribution in [0.3, 0.4) is 0 Å². The molecule has 0 saturated carbocycles. The van der Waals surface area contributed by atoms with E-state index >= 15 is 0 Å². The molecule has 0 aliphatic heterocycles. The molecule has 23 heavy (non-hydrogen) atoms. The Morgan fingerprint density at radius 1 is 1.39 bits per heavy atom. The molecule has 0 fully saturated rings. The van der Waals surface area contributed by atoms with Crippen LogP contribution in [0.5, 0.6) is 0 Å². The maximum atomic E-state index is 11.7. The molecule has 8 heteroatoms. The van der Waals surface area contributed by atoms with E-state index in [1.54, 1.807) is 24.3 Å². The van der Waals surface area contributed by atoms with Crippen LogP contribution in [0.25, 0.3) is 17.5 Å². The van der Waals surface area contributed by atoms with E-state index in [1.807, 2.05) is 0 Å². The molecular formula is C15H12N4O4. The lowest BCUT2D eigenvalue weighted by Gasteiger charge is -1.96. The van der Waals surface area contributed by atoms with Gasteiger partial charge < -0.3 is 19.2 Å². The number of amides is 1. The number of carbonyl (C=O) groups is 1. The fourth-order valence-corrected chi connectivity index (χ4v) is 1.79. The Morgan fingerprint density at radius 3 is 3.09 bits per heavy atom. The van der Waals surface area contributed by atoms with E-state index in [4.69, 9.17) is 8.94 Å². The van der Waals surface area contributed by atoms with Crippen LogP contribution in [0, 0.1) is 0 Å². The Hall–Kier alpha value is -3.42. The van der Waals surface area contributed by atoms with Crippen molar-refractivity contribution in [2.45, 2.75) is 6.54 Å². The lowest BCUT2D eigenvalue weighted by atomic mass is 10.2. The van der Waals surface area contributed by atoms with Gasteiger partial charge in [-0.25, -0.2) is 0 Å². The highest BCUT2D eigenvalue weighted by Crippen LogP contribution is 2.12. The Morgan fingerprint density at radius 2 is 2.30 bits per heavy atom. The molecule has 3 heterocycles. The zero-order valence-corrected chi connectivity index (χ0v) is 11.9. The molecule has 8 nitrogen and oxygen atoms in total. The van der Waals surface area contributed by atoms with Gasteiger partial charge in [-0.15, -0.1) is 0 Å². The minimum Gasteiger partial charge on any atom is -0.465 e. The van der Waals surface area contributed by atoms with Crippen LogP contribution in [-0.4, -0.2) is 21.0 Å². The minimum atomic E-state index is -0.322. The number of rotatable bonds is 5. The maximum Gasteiger partial charge on any atom is 0.248 e. The van der Waals surface area contributed by atoms with Crippen LogP contribution < -0.4 is 10.9 Å². The van der Waals surface area contributed by atoms with E-state index in [-0.39, 0.29) is 29.7 Å². The van der Waals surface area contributed by atoms with Crippen molar-refractivity contribution < 1.29 is 13.7 Å². The van der Waals surface area contributed by atoms with Crippen molar-refractivity contribution in [3.63, 3.8) is 0 Å². The molecule has 0 aliphatic rings. The average molecular weight is 312 g/mol. The summed E-state index contributed by atoms with van der Waals surface area (Å²) in [7, 11) is 0. The van der Waals surface area contributed by atoms with Gasteiger partial charge in [0.2, 0.25) is 23.2 Å². The molecule has 0 aliphatic carbocycles. The lowest BCUT2D eigenvalue weighted by molar-refractivity contribution is -0.116. The summed E-state index contributed by atoms with van der Waals surface area (Å²) in [6.07, 6.45) is 5.90. The van der Waals surface area contributed by atoms with Crippen LogP contribution >= 0.6 is 0 Å². The fourth-order valence-electron chi connectivity index (χ4n) is 1.79. The van der Waals surface area contributed by atoms with Crippen LogP contribution in [0.15, 0.2) is 56.5 Å². The lowest BCUT2D eigenvalue weighted by Crippen LogP contribution is -2.20. The zero-order valence-electron chi connectivity index (χ0n) is 11.9. The first-order chi connectivity index (χ1) is 11.2. The van der Waals surface area contributed by atoms with Crippen LogP contribution in [0.2, 0.25) is 0 Å². The molecule has 116 valence electrons. The SMILES string of the molecule is O=C(/C=C/c1ccco1)NCc1nc(-c2cc[nH]c(=O)c2)no1. The van der Waals surface area contributed by atoms with Crippen molar-refractivity contribution in [2.24, 2.45) is 0 Å². The summed E-state index contributed by atoms with van der Waals surface area (Å²) in [5.74, 6) is 0.776. The number of nitrogens with one attached hydrogen (secondary N) is 2. The maximum absolute atomic E-state index is 11.7. The van der Waals surface area contributed by atoms with Gasteiger partial charge in [-0.2, -0.15) is 4.98 Å². The second-order valence-corrected chi connectivity index (χ2v) is 4.52. The number of pyridine rings is 1. The number of nitrogens with zero attached hydrogens (tertiary/aromatic N) is 2. The van der Waals surface area contributed by atoms with Gasteiger partial charge in [0.15, 0.2) is 0 Å². The first-order valence-corrected chi connectivity index (χ1v) is 6.72. The number of hydrogen-bond donors (Lipinski definition) is 2. The topological polar surface area (TPSA) is 114 Å². The van der Waals surface area contributed by atoms with Gasteiger partial charge in [-0.3, -0.25) is 9.59 Å². The van der Waals surface area contributed by atoms with E-state index in [9.17, 15) is 9.59 Å². The smallest absolute Gasteiger partial charge is 0.248 e. The summed E-state index contributed by atoms with van der Waals surface area (Å²) >= 11 is 0. The molecule has 1 amide bonds. The predicted molar refractivity (Wildman–Crippen MR) is 79.9 cm³/mol. The second-order valence-electron chi connectivity index (χ2n) is 4.52. The van der Waals surface area contributed by atoms with Crippen molar-refractivity contribution >= 4 is 12.0 Å². The summed E-state index contributed by atoms with van der Waals surface area (Å²) in [5.41, 5.74) is 0.276. The highest BCUT2D eigenvalue weighted by Gasteiger charge is 2.09. The molecule has 0 unspecified atom stereocenters. The Balaban J connectivity index is 1.59. The van der Waals surface area contributed by atoms with E-state index in [2.05, 4.69) is 20.4 Å². The zero-order chi connectivity index (χ0) is 16.1. The van der Waals surface area contributed by atoms with Gasteiger partial charge in [-0.05, 0) is 24.3 Å². The number of furan rings is 1. The Bertz CT molecular complexity index is 877. The normalized spacial score (nSPS) is 11.0. The van der Waals surface area contributed by atoms with E-state index in [0.717, 1.165) is 0 Å². The third kappa shape index (κ3) is 3.82. The standard InChI is InChI=1S/C15H12N4O4/c20-12(4-3-11-2-1-7-22-11)17-9-14-18-15(19-23-14)10-5-6-16-13(21)8-10/h1-8H,9H2,(H,16,21)(H,17,20)/b4-3+. The number of aromatic nitrogens is 3. The highest BCUT2D eigenvalue weighted by molar-refractivity contribution is 5.91. The molecule has 0 radical (unpaired) electrons. The van der Waals surface area contributed by atoms with E-state index < -0.39 is 0 Å². The van der Waals surface area contributed by atoms with Gasteiger partial charge in [-0.1, -0.05) is 5.16 Å². The third-order valence-electron chi connectivity index (χ3n) is 2.86. The van der Waals surface area contributed by atoms with Gasteiger partial charge >= 0.3 is 0 Å². The number of aromatic amines is 1. The largest absolute Gasteiger partial charge is 0.465 e. The van der Waals surface area contributed by atoms with Crippen LogP contribution in [0.1, 0.15) is 11.7 Å². The summed E-state index contributed by atoms with van der Waals surface area (Å²) < 4.78 is 10.1. The third-order valence-corrected chi connectivity index (χ3v) is 2.86. The molecule has 2 N–H and O–H groups in total. The van der Waals surface area contributed by atoms with E-state index in [1.165, 1.54) is 24.6 Å². The van der Waals surface area contributed by atoms with Crippen molar-refractivity contribution in [2.75, 3.05) is 0 Å².